The molecule has 2 aliphatic rings. The lowest BCUT2D eigenvalue weighted by Crippen LogP contribution is -2.43. The highest BCUT2D eigenvalue weighted by Gasteiger charge is 2.23. The minimum absolute atomic E-state index is 0.162. The maximum absolute atomic E-state index is 13.6. The lowest BCUT2D eigenvalue weighted by Gasteiger charge is -2.36. The molecule has 0 radical (unpaired) electrons. The highest BCUT2D eigenvalue weighted by Crippen LogP contribution is 2.20. The van der Waals surface area contributed by atoms with Crippen molar-refractivity contribution in [1.82, 2.24) is 10.2 Å². The third-order valence-electron chi connectivity index (χ3n) is 4.87. The SMILES string of the molecule is Fc1ccccc1CO[C@H]1CCCN(CC2CCNCC2)C1. The second kappa shape index (κ2) is 8.04. The normalized spacial score (nSPS) is 24.5. The second-order valence-electron chi connectivity index (χ2n) is 6.62. The van der Waals surface area contributed by atoms with Crippen molar-refractivity contribution in [1.29, 1.82) is 0 Å². The molecular weight excluding hydrogens is 279 g/mol. The quantitative estimate of drug-likeness (QED) is 0.905. The van der Waals surface area contributed by atoms with Gasteiger partial charge in [0.2, 0.25) is 0 Å². The van der Waals surface area contributed by atoms with Gasteiger partial charge in [-0.1, -0.05) is 18.2 Å². The van der Waals surface area contributed by atoms with E-state index < -0.39 is 0 Å². The van der Waals surface area contributed by atoms with Gasteiger partial charge in [0, 0.05) is 18.7 Å². The summed E-state index contributed by atoms with van der Waals surface area (Å²) < 4.78 is 19.6. The molecule has 3 nitrogen and oxygen atoms in total. The fourth-order valence-corrected chi connectivity index (χ4v) is 3.57. The van der Waals surface area contributed by atoms with Gasteiger partial charge in [0.1, 0.15) is 5.82 Å². The zero-order valence-electron chi connectivity index (χ0n) is 13.3. The molecule has 22 heavy (non-hydrogen) atoms. The molecule has 2 saturated heterocycles. The first-order chi connectivity index (χ1) is 10.8. The molecule has 122 valence electrons. The van der Waals surface area contributed by atoms with E-state index in [2.05, 4.69) is 10.2 Å². The van der Waals surface area contributed by atoms with Crippen molar-refractivity contribution in [3.05, 3.63) is 35.6 Å². The Balaban J connectivity index is 1.45. The Morgan fingerprint density at radius 3 is 2.82 bits per heavy atom. The van der Waals surface area contributed by atoms with Crippen molar-refractivity contribution in [2.45, 2.75) is 38.4 Å². The average molecular weight is 306 g/mol. The molecule has 0 aliphatic carbocycles. The average Bonchev–Trinajstić information content (AvgIpc) is 2.55. The van der Waals surface area contributed by atoms with E-state index in [9.17, 15) is 4.39 Å². The molecule has 2 fully saturated rings. The van der Waals surface area contributed by atoms with Gasteiger partial charge in [-0.2, -0.15) is 0 Å². The maximum atomic E-state index is 13.6. The van der Waals surface area contributed by atoms with E-state index in [-0.39, 0.29) is 11.9 Å². The second-order valence-corrected chi connectivity index (χ2v) is 6.62. The highest BCUT2D eigenvalue weighted by molar-refractivity contribution is 5.16. The minimum Gasteiger partial charge on any atom is -0.372 e. The van der Waals surface area contributed by atoms with Gasteiger partial charge in [-0.25, -0.2) is 4.39 Å². The molecule has 0 unspecified atom stereocenters. The topological polar surface area (TPSA) is 24.5 Å². The summed E-state index contributed by atoms with van der Waals surface area (Å²) in [5.74, 6) is 0.663. The molecule has 0 aromatic heterocycles. The smallest absolute Gasteiger partial charge is 0.128 e. The first kappa shape index (κ1) is 15.9. The van der Waals surface area contributed by atoms with Crippen LogP contribution in [0.3, 0.4) is 0 Å². The van der Waals surface area contributed by atoms with E-state index >= 15 is 0 Å². The van der Waals surface area contributed by atoms with Gasteiger partial charge >= 0.3 is 0 Å². The van der Waals surface area contributed by atoms with Crippen LogP contribution in [0.15, 0.2) is 24.3 Å². The molecule has 4 heteroatoms. The molecule has 2 aliphatic heterocycles. The van der Waals surface area contributed by atoms with E-state index in [0.717, 1.165) is 32.0 Å². The molecule has 0 bridgehead atoms. The van der Waals surface area contributed by atoms with Gasteiger partial charge in [0.25, 0.3) is 0 Å². The summed E-state index contributed by atoms with van der Waals surface area (Å²) in [6.45, 7) is 6.08. The van der Waals surface area contributed by atoms with E-state index in [1.807, 2.05) is 12.1 Å². The molecule has 3 rings (SSSR count). The lowest BCUT2D eigenvalue weighted by atomic mass is 9.96. The summed E-state index contributed by atoms with van der Waals surface area (Å²) in [5, 5.41) is 3.43. The van der Waals surface area contributed by atoms with Gasteiger partial charge in [-0.15, -0.1) is 0 Å². The summed E-state index contributed by atoms with van der Waals surface area (Å²) in [5.41, 5.74) is 0.665. The minimum atomic E-state index is -0.162. The monoisotopic (exact) mass is 306 g/mol. The molecule has 0 amide bonds. The van der Waals surface area contributed by atoms with Crippen molar-refractivity contribution in [3.8, 4) is 0 Å². The Labute approximate surface area is 132 Å². The molecule has 0 saturated carbocycles. The lowest BCUT2D eigenvalue weighted by molar-refractivity contribution is -0.0153. The zero-order chi connectivity index (χ0) is 15.2. The third-order valence-corrected chi connectivity index (χ3v) is 4.87. The van der Waals surface area contributed by atoms with Crippen LogP contribution >= 0.6 is 0 Å². The molecule has 1 N–H and O–H groups in total. The highest BCUT2D eigenvalue weighted by atomic mass is 19.1. The van der Waals surface area contributed by atoms with Crippen molar-refractivity contribution < 1.29 is 9.13 Å². The predicted molar refractivity (Wildman–Crippen MR) is 86.2 cm³/mol. The Morgan fingerprint density at radius 1 is 1.18 bits per heavy atom. The summed E-state index contributed by atoms with van der Waals surface area (Å²) >= 11 is 0. The van der Waals surface area contributed by atoms with Crippen molar-refractivity contribution in [2.24, 2.45) is 5.92 Å². The van der Waals surface area contributed by atoms with Crippen LogP contribution in [0.2, 0.25) is 0 Å². The van der Waals surface area contributed by atoms with Crippen LogP contribution in [0.5, 0.6) is 0 Å². The number of benzene rings is 1. The van der Waals surface area contributed by atoms with Gasteiger partial charge in [0.15, 0.2) is 0 Å². The third kappa shape index (κ3) is 4.51. The van der Waals surface area contributed by atoms with Gasteiger partial charge < -0.3 is 15.0 Å². The summed E-state index contributed by atoms with van der Waals surface area (Å²) in [6.07, 6.45) is 5.11. The van der Waals surface area contributed by atoms with Crippen LogP contribution in [-0.4, -0.2) is 43.7 Å². The number of nitrogens with one attached hydrogen (secondary N) is 1. The Morgan fingerprint density at radius 2 is 2.00 bits per heavy atom. The van der Waals surface area contributed by atoms with Gasteiger partial charge in [0.05, 0.1) is 12.7 Å². The standard InChI is InChI=1S/C18H27FN2O/c19-18-6-2-1-4-16(18)14-22-17-5-3-11-21(13-17)12-15-7-9-20-10-8-15/h1-2,4,6,15,17,20H,3,5,7-14H2/t17-/m0/s1. The maximum Gasteiger partial charge on any atom is 0.128 e. The van der Waals surface area contributed by atoms with Crippen LogP contribution in [0, 0.1) is 11.7 Å². The molecule has 1 aromatic carbocycles. The zero-order valence-corrected chi connectivity index (χ0v) is 13.3. The van der Waals surface area contributed by atoms with E-state index in [4.69, 9.17) is 4.74 Å². The number of halogens is 1. The molecule has 1 aromatic rings. The van der Waals surface area contributed by atoms with E-state index in [0.29, 0.717) is 12.2 Å². The van der Waals surface area contributed by atoms with Crippen molar-refractivity contribution in [3.63, 3.8) is 0 Å². The molecule has 2 heterocycles. The summed E-state index contributed by atoms with van der Waals surface area (Å²) in [4.78, 5) is 2.55. The summed E-state index contributed by atoms with van der Waals surface area (Å²) in [7, 11) is 0. The molecular formula is C18H27FN2O. The van der Waals surface area contributed by atoms with Crippen molar-refractivity contribution in [2.75, 3.05) is 32.7 Å². The fourth-order valence-electron chi connectivity index (χ4n) is 3.57. The van der Waals surface area contributed by atoms with E-state index in [1.54, 1.807) is 6.07 Å². The van der Waals surface area contributed by atoms with Crippen LogP contribution in [-0.2, 0) is 11.3 Å². The molecule has 1 atom stereocenters. The number of piperidine rings is 2. The number of likely N-dealkylation sites (tertiary alicyclic amines) is 1. The van der Waals surface area contributed by atoms with Crippen molar-refractivity contribution >= 4 is 0 Å². The Kier molecular flexibility index (Phi) is 5.82. The number of rotatable bonds is 5. The number of nitrogens with zero attached hydrogens (tertiary/aromatic N) is 1. The number of ether oxygens (including phenoxy) is 1. The van der Waals surface area contributed by atoms with Gasteiger partial charge in [-0.05, 0) is 57.3 Å². The van der Waals surface area contributed by atoms with Gasteiger partial charge in [-0.3, -0.25) is 0 Å². The first-order valence-corrected chi connectivity index (χ1v) is 8.59. The largest absolute Gasteiger partial charge is 0.372 e. The first-order valence-electron chi connectivity index (χ1n) is 8.59. The van der Waals surface area contributed by atoms with Crippen LogP contribution in [0.25, 0.3) is 0 Å². The summed E-state index contributed by atoms with van der Waals surface area (Å²) in [6, 6.07) is 6.90. The Hall–Kier alpha value is -0.970. The molecule has 0 spiro atoms. The van der Waals surface area contributed by atoms with Crippen LogP contribution < -0.4 is 5.32 Å². The number of hydrogen-bond donors (Lipinski definition) is 1. The van der Waals surface area contributed by atoms with Crippen LogP contribution in [0.4, 0.5) is 4.39 Å². The predicted octanol–water partition coefficient (Wildman–Crippen LogP) is 2.81. The number of hydrogen-bond acceptors (Lipinski definition) is 3. The Bertz CT molecular complexity index is 462. The van der Waals surface area contributed by atoms with Crippen LogP contribution in [0.1, 0.15) is 31.2 Å². The fraction of sp³-hybridized carbons (Fsp3) is 0.667. The van der Waals surface area contributed by atoms with E-state index in [1.165, 1.54) is 38.4 Å².